The molecule has 92 valence electrons. The topological polar surface area (TPSA) is 32.3 Å². The molecular formula is C13H24N2O. The number of hydrogen-bond acceptors (Lipinski definition) is 2. The second-order valence-corrected chi connectivity index (χ2v) is 5.48. The van der Waals surface area contributed by atoms with Crippen LogP contribution in [0.4, 0.5) is 0 Å². The number of nitrogens with zero attached hydrogens (tertiary/aromatic N) is 1. The molecule has 1 heterocycles. The standard InChI is InChI=1S/C13H24N2O/c1-10(2)15(12-6-3-7-12)13(16)9-11-5-4-8-14-11/h10-12,14H,3-9H2,1-2H3. The molecule has 2 aliphatic rings. The van der Waals surface area contributed by atoms with Crippen LogP contribution in [0.5, 0.6) is 0 Å². The largest absolute Gasteiger partial charge is 0.337 e. The molecule has 0 aromatic heterocycles. The van der Waals surface area contributed by atoms with E-state index in [1.165, 1.54) is 32.1 Å². The highest BCUT2D eigenvalue weighted by atomic mass is 16.2. The van der Waals surface area contributed by atoms with Crippen molar-refractivity contribution in [3.8, 4) is 0 Å². The van der Waals surface area contributed by atoms with Crippen molar-refractivity contribution in [3.63, 3.8) is 0 Å². The van der Waals surface area contributed by atoms with E-state index in [-0.39, 0.29) is 0 Å². The molecular weight excluding hydrogens is 200 g/mol. The smallest absolute Gasteiger partial charge is 0.224 e. The van der Waals surface area contributed by atoms with Crippen molar-refractivity contribution >= 4 is 5.91 Å². The molecule has 2 fully saturated rings. The lowest BCUT2D eigenvalue weighted by Crippen LogP contribution is -2.49. The Bertz CT molecular complexity index is 242. The van der Waals surface area contributed by atoms with E-state index in [2.05, 4.69) is 24.1 Å². The number of hydrogen-bond donors (Lipinski definition) is 1. The molecule has 1 N–H and O–H groups in total. The molecule has 1 amide bonds. The van der Waals surface area contributed by atoms with Crippen LogP contribution in [0.25, 0.3) is 0 Å². The van der Waals surface area contributed by atoms with E-state index in [1.807, 2.05) is 0 Å². The molecule has 2 rings (SSSR count). The van der Waals surface area contributed by atoms with E-state index in [0.717, 1.165) is 6.54 Å². The van der Waals surface area contributed by atoms with Gasteiger partial charge in [-0.15, -0.1) is 0 Å². The normalized spacial score (nSPS) is 25.8. The van der Waals surface area contributed by atoms with Crippen LogP contribution < -0.4 is 5.32 Å². The number of amides is 1. The predicted octanol–water partition coefficient (Wildman–Crippen LogP) is 1.92. The summed E-state index contributed by atoms with van der Waals surface area (Å²) in [5.41, 5.74) is 0. The summed E-state index contributed by atoms with van der Waals surface area (Å²) in [5, 5.41) is 3.41. The van der Waals surface area contributed by atoms with Crippen LogP contribution in [0, 0.1) is 0 Å². The van der Waals surface area contributed by atoms with Gasteiger partial charge in [0.05, 0.1) is 0 Å². The lowest BCUT2D eigenvalue weighted by Gasteiger charge is -2.40. The Balaban J connectivity index is 1.88. The highest BCUT2D eigenvalue weighted by molar-refractivity contribution is 5.77. The summed E-state index contributed by atoms with van der Waals surface area (Å²) < 4.78 is 0. The van der Waals surface area contributed by atoms with Crippen molar-refractivity contribution in [2.75, 3.05) is 6.54 Å². The van der Waals surface area contributed by atoms with Gasteiger partial charge in [0.2, 0.25) is 5.91 Å². The van der Waals surface area contributed by atoms with Gasteiger partial charge in [-0.2, -0.15) is 0 Å². The van der Waals surface area contributed by atoms with Crippen LogP contribution >= 0.6 is 0 Å². The Morgan fingerprint density at radius 2 is 2.06 bits per heavy atom. The van der Waals surface area contributed by atoms with E-state index in [1.54, 1.807) is 0 Å². The van der Waals surface area contributed by atoms with E-state index in [9.17, 15) is 4.79 Å². The van der Waals surface area contributed by atoms with Crippen molar-refractivity contribution in [2.45, 2.75) is 70.5 Å². The summed E-state index contributed by atoms with van der Waals surface area (Å²) in [6, 6.07) is 1.34. The summed E-state index contributed by atoms with van der Waals surface area (Å²) in [6.45, 7) is 5.36. The third-order valence-electron chi connectivity index (χ3n) is 3.90. The zero-order valence-electron chi connectivity index (χ0n) is 10.5. The summed E-state index contributed by atoms with van der Waals surface area (Å²) in [4.78, 5) is 14.4. The first-order valence-corrected chi connectivity index (χ1v) is 6.73. The average molecular weight is 224 g/mol. The first-order chi connectivity index (χ1) is 7.68. The second kappa shape index (κ2) is 5.17. The van der Waals surface area contributed by atoms with Crippen LogP contribution in [0.3, 0.4) is 0 Å². The summed E-state index contributed by atoms with van der Waals surface area (Å²) in [6.07, 6.45) is 6.81. The third kappa shape index (κ3) is 2.57. The fraction of sp³-hybridized carbons (Fsp3) is 0.923. The van der Waals surface area contributed by atoms with Gasteiger partial charge in [0.1, 0.15) is 0 Å². The van der Waals surface area contributed by atoms with Gasteiger partial charge in [-0.1, -0.05) is 0 Å². The number of nitrogens with one attached hydrogen (secondary N) is 1. The van der Waals surface area contributed by atoms with Crippen molar-refractivity contribution in [1.29, 1.82) is 0 Å². The first-order valence-electron chi connectivity index (χ1n) is 6.73. The zero-order chi connectivity index (χ0) is 11.5. The summed E-state index contributed by atoms with van der Waals surface area (Å²) >= 11 is 0. The summed E-state index contributed by atoms with van der Waals surface area (Å²) in [5.74, 6) is 0.360. The highest BCUT2D eigenvalue weighted by Crippen LogP contribution is 2.27. The number of carbonyl (C=O) groups is 1. The fourth-order valence-electron chi connectivity index (χ4n) is 2.83. The molecule has 1 atom stereocenters. The Kier molecular flexibility index (Phi) is 3.85. The van der Waals surface area contributed by atoms with Gasteiger partial charge in [-0.25, -0.2) is 0 Å². The highest BCUT2D eigenvalue weighted by Gasteiger charge is 2.31. The van der Waals surface area contributed by atoms with Gasteiger partial charge < -0.3 is 10.2 Å². The molecule has 3 nitrogen and oxygen atoms in total. The minimum atomic E-state index is 0.360. The fourth-order valence-corrected chi connectivity index (χ4v) is 2.83. The predicted molar refractivity (Wildman–Crippen MR) is 65.3 cm³/mol. The first kappa shape index (κ1) is 11.9. The molecule has 0 bridgehead atoms. The van der Waals surface area contributed by atoms with Gasteiger partial charge in [0, 0.05) is 24.5 Å². The van der Waals surface area contributed by atoms with Gasteiger partial charge in [-0.3, -0.25) is 4.79 Å². The summed E-state index contributed by atoms with van der Waals surface area (Å²) in [7, 11) is 0. The van der Waals surface area contributed by atoms with Gasteiger partial charge in [-0.05, 0) is 52.5 Å². The molecule has 1 saturated carbocycles. The van der Waals surface area contributed by atoms with E-state index >= 15 is 0 Å². The van der Waals surface area contributed by atoms with Crippen LogP contribution in [-0.4, -0.2) is 35.5 Å². The maximum atomic E-state index is 12.3. The molecule has 0 aromatic carbocycles. The molecule has 1 aliphatic carbocycles. The quantitative estimate of drug-likeness (QED) is 0.791. The van der Waals surface area contributed by atoms with Crippen LogP contribution in [-0.2, 0) is 4.79 Å². The third-order valence-corrected chi connectivity index (χ3v) is 3.90. The van der Waals surface area contributed by atoms with Crippen LogP contribution in [0.1, 0.15) is 52.4 Å². The Labute approximate surface area is 98.6 Å². The molecule has 0 aromatic rings. The SMILES string of the molecule is CC(C)N(C(=O)CC1CCCN1)C1CCC1. The molecule has 0 spiro atoms. The van der Waals surface area contributed by atoms with Gasteiger partial charge in [0.25, 0.3) is 0 Å². The van der Waals surface area contributed by atoms with Crippen LogP contribution in [0.2, 0.25) is 0 Å². The molecule has 1 unspecified atom stereocenters. The van der Waals surface area contributed by atoms with Crippen molar-refractivity contribution in [3.05, 3.63) is 0 Å². The second-order valence-electron chi connectivity index (χ2n) is 5.48. The maximum absolute atomic E-state index is 12.3. The van der Waals surface area contributed by atoms with Crippen molar-refractivity contribution in [1.82, 2.24) is 10.2 Å². The van der Waals surface area contributed by atoms with E-state index in [4.69, 9.17) is 0 Å². The molecule has 0 radical (unpaired) electrons. The molecule has 1 saturated heterocycles. The number of carbonyl (C=O) groups excluding carboxylic acids is 1. The average Bonchev–Trinajstić information content (AvgIpc) is 2.62. The minimum Gasteiger partial charge on any atom is -0.337 e. The van der Waals surface area contributed by atoms with Crippen molar-refractivity contribution in [2.24, 2.45) is 0 Å². The molecule has 1 aliphatic heterocycles. The number of rotatable bonds is 4. The van der Waals surface area contributed by atoms with E-state index in [0.29, 0.717) is 30.5 Å². The van der Waals surface area contributed by atoms with Gasteiger partial charge in [0.15, 0.2) is 0 Å². The van der Waals surface area contributed by atoms with Gasteiger partial charge >= 0.3 is 0 Å². The minimum absolute atomic E-state index is 0.360. The van der Waals surface area contributed by atoms with Crippen molar-refractivity contribution < 1.29 is 4.79 Å². The Hall–Kier alpha value is -0.570. The van der Waals surface area contributed by atoms with Crippen LogP contribution in [0.15, 0.2) is 0 Å². The molecule has 3 heteroatoms. The lowest BCUT2D eigenvalue weighted by atomic mass is 9.90. The zero-order valence-corrected chi connectivity index (χ0v) is 10.5. The Morgan fingerprint density at radius 1 is 1.31 bits per heavy atom. The van der Waals surface area contributed by atoms with E-state index < -0.39 is 0 Å². The molecule has 16 heavy (non-hydrogen) atoms. The maximum Gasteiger partial charge on any atom is 0.224 e. The lowest BCUT2D eigenvalue weighted by molar-refractivity contribution is -0.137. The monoisotopic (exact) mass is 224 g/mol. The Morgan fingerprint density at radius 3 is 2.50 bits per heavy atom.